The number of carbonyl (C=O) groups excluding carboxylic acids is 4. The van der Waals surface area contributed by atoms with E-state index in [1.165, 1.54) is 13.2 Å². The second-order valence-corrected chi connectivity index (χ2v) is 9.45. The molecule has 0 bridgehead atoms. The van der Waals surface area contributed by atoms with Gasteiger partial charge in [0.1, 0.15) is 18.1 Å². The molecule has 2 heterocycles. The molecule has 0 N–H and O–H groups in total. The summed E-state index contributed by atoms with van der Waals surface area (Å²) in [5.41, 5.74) is -0.263. The summed E-state index contributed by atoms with van der Waals surface area (Å²) in [7, 11) is 2.33. The maximum Gasteiger partial charge on any atom is 0.375 e. The highest BCUT2D eigenvalue weighted by Crippen LogP contribution is 2.59. The summed E-state index contributed by atoms with van der Waals surface area (Å²) in [5.74, 6) is -2.87. The van der Waals surface area contributed by atoms with Crippen LogP contribution in [0.1, 0.15) is 51.3 Å². The van der Waals surface area contributed by atoms with Gasteiger partial charge in [-0.15, -0.1) is 0 Å². The van der Waals surface area contributed by atoms with Crippen LogP contribution in [0.3, 0.4) is 0 Å². The number of hydrogen-bond acceptors (Lipinski definition) is 10. The Hall–Kier alpha value is -3.82. The average molecular weight is 515 g/mol. The number of esters is 3. The van der Waals surface area contributed by atoms with Gasteiger partial charge in [-0.3, -0.25) is 4.79 Å². The fourth-order valence-corrected chi connectivity index (χ4v) is 5.10. The fraction of sp³-hybridized carbons (Fsp3) is 0.481. The molecule has 0 saturated carbocycles. The molecule has 4 atom stereocenters. The highest BCUT2D eigenvalue weighted by Gasteiger charge is 2.58. The maximum absolute atomic E-state index is 13.9. The van der Waals surface area contributed by atoms with E-state index in [9.17, 15) is 19.2 Å². The Bertz CT molecular complexity index is 1230. The van der Waals surface area contributed by atoms with E-state index in [1.54, 1.807) is 26.0 Å². The molecule has 0 unspecified atom stereocenters. The Morgan fingerprint density at radius 3 is 2.41 bits per heavy atom. The minimum absolute atomic E-state index is 0.0779. The van der Waals surface area contributed by atoms with E-state index in [4.69, 9.17) is 28.4 Å². The third kappa shape index (κ3) is 4.14. The van der Waals surface area contributed by atoms with Crippen molar-refractivity contribution in [2.45, 2.75) is 45.6 Å². The first-order valence-electron chi connectivity index (χ1n) is 12.0. The van der Waals surface area contributed by atoms with Gasteiger partial charge in [0, 0.05) is 28.7 Å². The molecule has 3 aliphatic rings. The molecule has 10 nitrogen and oxygen atoms in total. The van der Waals surface area contributed by atoms with Crippen molar-refractivity contribution < 1.29 is 47.6 Å². The lowest BCUT2D eigenvalue weighted by molar-refractivity contribution is -0.154. The number of allylic oxidation sites excluding steroid dienone is 1. The third-order valence-corrected chi connectivity index (χ3v) is 7.52. The van der Waals surface area contributed by atoms with Gasteiger partial charge in [0.05, 0.1) is 14.2 Å². The standard InChI is InChI=1S/C27H30O10/c1-7-13(2)25(30)37-21-15(4)14(3)8-16(9-19(28)32-5)27(24(29)26(31)33-6)11-34-23-20(27)17(21)10-18-22(23)36-12-35-18/h7,9-10,14-15,21H,8,11-12H2,1-6H3/t14-,15-,21-,27-/m1/s1. The van der Waals surface area contributed by atoms with Crippen LogP contribution in [0, 0.1) is 11.8 Å². The van der Waals surface area contributed by atoms with E-state index < -0.39 is 35.2 Å². The van der Waals surface area contributed by atoms with Crippen LogP contribution >= 0.6 is 0 Å². The van der Waals surface area contributed by atoms with E-state index in [0.29, 0.717) is 22.5 Å². The van der Waals surface area contributed by atoms with Gasteiger partial charge in [0.15, 0.2) is 11.5 Å². The lowest BCUT2D eigenvalue weighted by Crippen LogP contribution is -2.47. The molecule has 0 radical (unpaired) electrons. The highest BCUT2D eigenvalue weighted by molar-refractivity contribution is 6.38. The van der Waals surface area contributed by atoms with Gasteiger partial charge in [-0.1, -0.05) is 19.9 Å². The van der Waals surface area contributed by atoms with E-state index in [2.05, 4.69) is 0 Å². The normalized spacial score (nSPS) is 26.9. The summed E-state index contributed by atoms with van der Waals surface area (Å²) in [6.45, 7) is 6.86. The summed E-state index contributed by atoms with van der Waals surface area (Å²) in [5, 5.41) is 0. The van der Waals surface area contributed by atoms with Crippen molar-refractivity contribution in [2.75, 3.05) is 27.6 Å². The van der Waals surface area contributed by atoms with Gasteiger partial charge in [-0.05, 0) is 37.8 Å². The topological polar surface area (TPSA) is 124 Å². The molecule has 0 fully saturated rings. The minimum Gasteiger partial charge on any atom is -0.487 e. The van der Waals surface area contributed by atoms with Crippen LogP contribution in [0.4, 0.5) is 0 Å². The van der Waals surface area contributed by atoms with E-state index in [0.717, 1.165) is 7.11 Å². The SMILES string of the molecule is CC=C(C)C(=O)O[C@H]1c2cc3c(c4c2[C@@](C(=O)C(=O)OC)(CO4)C(=CC(=O)OC)C[C@@H](C)[C@H]1C)OCO3. The monoisotopic (exact) mass is 514 g/mol. The number of carbonyl (C=O) groups is 4. The van der Waals surface area contributed by atoms with Crippen molar-refractivity contribution in [1.82, 2.24) is 0 Å². The minimum atomic E-state index is -1.73. The molecule has 1 aromatic carbocycles. The number of benzene rings is 1. The molecule has 37 heavy (non-hydrogen) atoms. The third-order valence-electron chi connectivity index (χ3n) is 7.52. The second-order valence-electron chi connectivity index (χ2n) is 9.45. The highest BCUT2D eigenvalue weighted by atomic mass is 16.7. The van der Waals surface area contributed by atoms with Crippen LogP contribution in [0.5, 0.6) is 17.2 Å². The number of rotatable bonds is 5. The number of fused-ring (bicyclic) bond motifs is 2. The summed E-state index contributed by atoms with van der Waals surface area (Å²) in [6, 6.07) is 1.66. The Morgan fingerprint density at radius 1 is 1.03 bits per heavy atom. The van der Waals surface area contributed by atoms with Crippen LogP contribution in [-0.2, 0) is 38.8 Å². The van der Waals surface area contributed by atoms with Crippen molar-refractivity contribution in [3.05, 3.63) is 40.5 Å². The van der Waals surface area contributed by atoms with Crippen molar-refractivity contribution in [2.24, 2.45) is 11.8 Å². The van der Waals surface area contributed by atoms with Crippen molar-refractivity contribution >= 4 is 23.7 Å². The zero-order chi connectivity index (χ0) is 27.1. The van der Waals surface area contributed by atoms with Crippen LogP contribution in [0.15, 0.2) is 29.4 Å². The van der Waals surface area contributed by atoms with Gasteiger partial charge in [-0.25, -0.2) is 14.4 Å². The Balaban J connectivity index is 2.08. The van der Waals surface area contributed by atoms with Crippen molar-refractivity contribution in [1.29, 1.82) is 0 Å². The molecular weight excluding hydrogens is 484 g/mol. The first-order chi connectivity index (χ1) is 17.6. The number of methoxy groups -OCH3 is 2. The first kappa shape index (κ1) is 26.2. The average Bonchev–Trinajstić information content (AvgIpc) is 3.53. The van der Waals surface area contributed by atoms with E-state index >= 15 is 0 Å². The molecule has 4 rings (SSSR count). The predicted molar refractivity (Wildman–Crippen MR) is 128 cm³/mol. The van der Waals surface area contributed by atoms with Crippen LogP contribution < -0.4 is 14.2 Å². The van der Waals surface area contributed by atoms with Crippen LogP contribution in [0.2, 0.25) is 0 Å². The van der Waals surface area contributed by atoms with Crippen molar-refractivity contribution in [3.8, 4) is 17.2 Å². The zero-order valence-corrected chi connectivity index (χ0v) is 21.7. The molecule has 0 spiro atoms. The second kappa shape index (κ2) is 9.91. The molecular formula is C27H30O10. The van der Waals surface area contributed by atoms with E-state index in [-0.39, 0.29) is 48.7 Å². The smallest absolute Gasteiger partial charge is 0.375 e. The lowest BCUT2D eigenvalue weighted by atomic mass is 9.63. The summed E-state index contributed by atoms with van der Waals surface area (Å²) in [4.78, 5) is 52.0. The molecule has 0 aromatic heterocycles. The molecule has 1 aromatic rings. The lowest BCUT2D eigenvalue weighted by Gasteiger charge is -2.39. The number of ether oxygens (including phenoxy) is 6. The van der Waals surface area contributed by atoms with Gasteiger partial charge in [0.2, 0.25) is 12.5 Å². The zero-order valence-electron chi connectivity index (χ0n) is 21.7. The fourth-order valence-electron chi connectivity index (χ4n) is 5.10. The summed E-state index contributed by atoms with van der Waals surface area (Å²) < 4.78 is 33.1. The quantitative estimate of drug-likeness (QED) is 0.251. The van der Waals surface area contributed by atoms with Gasteiger partial charge in [0.25, 0.3) is 5.78 Å². The summed E-state index contributed by atoms with van der Waals surface area (Å²) >= 11 is 0. The molecule has 0 saturated heterocycles. The number of ketones is 1. The molecule has 198 valence electrons. The first-order valence-corrected chi connectivity index (χ1v) is 12.0. The largest absolute Gasteiger partial charge is 0.487 e. The van der Waals surface area contributed by atoms with Gasteiger partial charge < -0.3 is 28.4 Å². The van der Waals surface area contributed by atoms with Crippen molar-refractivity contribution in [3.63, 3.8) is 0 Å². The van der Waals surface area contributed by atoms with Gasteiger partial charge >= 0.3 is 17.9 Å². The molecule has 0 amide bonds. The summed E-state index contributed by atoms with van der Waals surface area (Å²) in [6.07, 6.45) is 2.26. The Labute approximate surface area is 214 Å². The molecule has 2 aliphatic heterocycles. The maximum atomic E-state index is 13.9. The number of hydrogen-bond donors (Lipinski definition) is 0. The van der Waals surface area contributed by atoms with Crippen LogP contribution in [-0.4, -0.2) is 51.3 Å². The van der Waals surface area contributed by atoms with Gasteiger partial charge in [-0.2, -0.15) is 0 Å². The number of Topliss-reactive ketones (excluding diaryl/α,β-unsaturated/α-hetero) is 1. The molecule has 1 aliphatic carbocycles. The van der Waals surface area contributed by atoms with Crippen LogP contribution in [0.25, 0.3) is 0 Å². The predicted octanol–water partition coefficient (Wildman–Crippen LogP) is 3.11. The Kier molecular flexibility index (Phi) is 7.03. The molecule has 10 heteroatoms. The van der Waals surface area contributed by atoms with E-state index in [1.807, 2.05) is 13.8 Å². The Morgan fingerprint density at radius 2 is 1.76 bits per heavy atom.